The molecule has 6 nitrogen and oxygen atoms in total. The zero-order valence-corrected chi connectivity index (χ0v) is 11.6. The van der Waals surface area contributed by atoms with Gasteiger partial charge in [-0.1, -0.05) is 0 Å². The number of aliphatic hydroxyl groups is 1. The third-order valence-corrected chi connectivity index (χ3v) is 4.97. The van der Waals surface area contributed by atoms with Gasteiger partial charge in [-0.15, -0.1) is 0 Å². The second kappa shape index (κ2) is 6.26. The minimum Gasteiger partial charge on any atom is -0.459 e. The van der Waals surface area contributed by atoms with Gasteiger partial charge in [0.05, 0.1) is 32.2 Å². The van der Waals surface area contributed by atoms with Gasteiger partial charge in [-0.05, 0) is 13.8 Å². The van der Waals surface area contributed by atoms with Gasteiger partial charge in [-0.2, -0.15) is 8.78 Å². The van der Waals surface area contributed by atoms with Crippen molar-refractivity contribution in [3.8, 4) is 0 Å². The fourth-order valence-corrected chi connectivity index (χ4v) is 3.64. The molecule has 0 amide bonds. The Labute approximate surface area is 109 Å². The number of rotatable bonds is 7. The molecule has 0 aromatic heterocycles. The summed E-state index contributed by atoms with van der Waals surface area (Å²) in [4.78, 5) is 11.1. The predicted octanol–water partition coefficient (Wildman–Crippen LogP) is 1.77. The Bertz CT molecular complexity index is 365. The Hall–Kier alpha value is -0.560. The summed E-state index contributed by atoms with van der Waals surface area (Å²) in [5.74, 6) is -2.60. The van der Waals surface area contributed by atoms with Gasteiger partial charge in [0, 0.05) is 0 Å². The molecule has 0 unspecified atom stereocenters. The normalized spacial score (nSPS) is 24.6. The second-order valence-corrected chi connectivity index (χ2v) is 6.05. The van der Waals surface area contributed by atoms with Crippen molar-refractivity contribution >= 4 is 13.6 Å². The summed E-state index contributed by atoms with van der Waals surface area (Å²) < 4.78 is 54.5. The number of hydrogen-bond acceptors (Lipinski definition) is 6. The van der Waals surface area contributed by atoms with Gasteiger partial charge in [0.2, 0.25) is 0 Å². The molecule has 1 heterocycles. The summed E-state index contributed by atoms with van der Waals surface area (Å²) in [5.41, 5.74) is -3.90. The zero-order chi connectivity index (χ0) is 14.7. The highest BCUT2D eigenvalue weighted by molar-refractivity contribution is 7.55. The molecule has 0 radical (unpaired) electrons. The van der Waals surface area contributed by atoms with Gasteiger partial charge in [-0.25, -0.2) is 0 Å². The summed E-state index contributed by atoms with van der Waals surface area (Å²) in [6, 6.07) is 0. The van der Waals surface area contributed by atoms with Crippen molar-refractivity contribution < 1.29 is 37.0 Å². The van der Waals surface area contributed by atoms with E-state index in [1.807, 2.05) is 0 Å². The average Bonchev–Trinajstić information content (AvgIpc) is 2.71. The lowest BCUT2D eigenvalue weighted by Gasteiger charge is -2.30. The standard InChI is InChI=1S/C10H17F2O6P/c1-3-16-19(15,17-4-2)10(11,12)7-5-9(14)18-8(7)6-13/h7-8,13H,3-6H2,1-2H3/t7-,8+/m0/s1. The lowest BCUT2D eigenvalue weighted by molar-refractivity contribution is -0.143. The first-order valence-corrected chi connectivity index (χ1v) is 7.44. The van der Waals surface area contributed by atoms with Gasteiger partial charge in [0.1, 0.15) is 6.10 Å². The van der Waals surface area contributed by atoms with Crippen LogP contribution in [0.3, 0.4) is 0 Å². The zero-order valence-electron chi connectivity index (χ0n) is 10.7. The molecule has 1 rings (SSSR count). The van der Waals surface area contributed by atoms with Gasteiger partial charge in [-0.3, -0.25) is 9.36 Å². The molecule has 1 N–H and O–H groups in total. The van der Waals surface area contributed by atoms with Crippen LogP contribution < -0.4 is 0 Å². The molecule has 2 atom stereocenters. The number of carbonyl (C=O) groups excluding carboxylic acids is 1. The number of cyclic esters (lactones) is 1. The Morgan fingerprint density at radius 3 is 2.37 bits per heavy atom. The van der Waals surface area contributed by atoms with Crippen LogP contribution in [-0.4, -0.2) is 42.7 Å². The van der Waals surface area contributed by atoms with Crippen LogP contribution in [0.1, 0.15) is 20.3 Å². The van der Waals surface area contributed by atoms with Gasteiger partial charge in [0.15, 0.2) is 0 Å². The topological polar surface area (TPSA) is 82.1 Å². The van der Waals surface area contributed by atoms with Crippen LogP contribution in [-0.2, 0) is 23.1 Å². The number of carbonyl (C=O) groups is 1. The maximum absolute atomic E-state index is 14.3. The van der Waals surface area contributed by atoms with E-state index in [1.165, 1.54) is 13.8 Å². The van der Waals surface area contributed by atoms with Crippen molar-refractivity contribution in [2.75, 3.05) is 19.8 Å². The number of aliphatic hydroxyl groups excluding tert-OH is 1. The molecule has 1 aliphatic rings. The van der Waals surface area contributed by atoms with Crippen LogP contribution in [0.4, 0.5) is 8.78 Å². The highest BCUT2D eigenvalue weighted by Crippen LogP contribution is 2.66. The van der Waals surface area contributed by atoms with Crippen molar-refractivity contribution in [2.45, 2.75) is 32.0 Å². The fraction of sp³-hybridized carbons (Fsp3) is 0.900. The molecule has 9 heteroatoms. The summed E-state index contributed by atoms with van der Waals surface area (Å²) in [6.45, 7) is 1.59. The molecule has 0 aliphatic carbocycles. The van der Waals surface area contributed by atoms with Crippen molar-refractivity contribution in [2.24, 2.45) is 5.92 Å². The smallest absolute Gasteiger partial charge is 0.400 e. The first-order valence-electron chi connectivity index (χ1n) is 5.89. The number of hydrogen-bond donors (Lipinski definition) is 1. The maximum Gasteiger partial charge on any atom is 0.400 e. The number of alkyl halides is 2. The summed E-state index contributed by atoms with van der Waals surface area (Å²) in [5, 5.41) is 8.96. The Morgan fingerprint density at radius 1 is 1.42 bits per heavy atom. The third kappa shape index (κ3) is 3.13. The third-order valence-electron chi connectivity index (χ3n) is 2.71. The second-order valence-electron chi connectivity index (χ2n) is 3.94. The highest BCUT2D eigenvalue weighted by atomic mass is 31.2. The Kier molecular flexibility index (Phi) is 5.43. The van der Waals surface area contributed by atoms with Crippen LogP contribution in [0.15, 0.2) is 0 Å². The molecule has 1 saturated heterocycles. The largest absolute Gasteiger partial charge is 0.459 e. The van der Waals surface area contributed by atoms with E-state index in [0.29, 0.717) is 0 Å². The van der Waals surface area contributed by atoms with E-state index in [-0.39, 0.29) is 13.2 Å². The van der Waals surface area contributed by atoms with Gasteiger partial charge >= 0.3 is 19.2 Å². The van der Waals surface area contributed by atoms with Crippen LogP contribution in [0.5, 0.6) is 0 Å². The molecular formula is C10H17F2O6P. The van der Waals surface area contributed by atoms with Crippen molar-refractivity contribution in [1.29, 1.82) is 0 Å². The van der Waals surface area contributed by atoms with Crippen LogP contribution >= 0.6 is 7.60 Å². The van der Waals surface area contributed by atoms with E-state index in [4.69, 9.17) is 5.11 Å². The first kappa shape index (κ1) is 16.5. The highest BCUT2D eigenvalue weighted by Gasteiger charge is 2.63. The first-order chi connectivity index (χ1) is 8.82. The van der Waals surface area contributed by atoms with Crippen molar-refractivity contribution in [1.82, 2.24) is 0 Å². The molecule has 1 aliphatic heterocycles. The lowest BCUT2D eigenvalue weighted by atomic mass is 10.0. The summed E-state index contributed by atoms with van der Waals surface area (Å²) in [7, 11) is -4.73. The van der Waals surface area contributed by atoms with Gasteiger partial charge < -0.3 is 18.9 Å². The molecular weight excluding hydrogens is 285 g/mol. The van der Waals surface area contributed by atoms with Crippen LogP contribution in [0, 0.1) is 5.92 Å². The quantitative estimate of drug-likeness (QED) is 0.570. The van der Waals surface area contributed by atoms with E-state index in [9.17, 15) is 18.1 Å². The molecule has 0 bridgehead atoms. The number of esters is 1. The van der Waals surface area contributed by atoms with E-state index >= 15 is 0 Å². The minimum atomic E-state index is -4.73. The number of halogens is 2. The van der Waals surface area contributed by atoms with Crippen LogP contribution in [0.25, 0.3) is 0 Å². The van der Waals surface area contributed by atoms with E-state index in [0.717, 1.165) is 0 Å². The number of ether oxygens (including phenoxy) is 1. The molecule has 1 fully saturated rings. The Morgan fingerprint density at radius 2 is 1.95 bits per heavy atom. The van der Waals surface area contributed by atoms with E-state index in [2.05, 4.69) is 13.8 Å². The van der Waals surface area contributed by atoms with Crippen molar-refractivity contribution in [3.63, 3.8) is 0 Å². The molecule has 19 heavy (non-hydrogen) atoms. The van der Waals surface area contributed by atoms with E-state index < -0.39 is 44.3 Å². The van der Waals surface area contributed by atoms with Crippen molar-refractivity contribution in [3.05, 3.63) is 0 Å². The summed E-state index contributed by atoms with van der Waals surface area (Å²) in [6.07, 6.45) is -2.04. The molecule has 0 saturated carbocycles. The predicted molar refractivity (Wildman–Crippen MR) is 60.9 cm³/mol. The SMILES string of the molecule is CCOP(=O)(OCC)C(F)(F)[C@H]1CC(=O)O[C@@H]1CO. The van der Waals surface area contributed by atoms with Crippen LogP contribution in [0.2, 0.25) is 0 Å². The Balaban J connectivity index is 3.05. The maximum atomic E-state index is 14.3. The monoisotopic (exact) mass is 302 g/mol. The summed E-state index contributed by atoms with van der Waals surface area (Å²) >= 11 is 0. The average molecular weight is 302 g/mol. The van der Waals surface area contributed by atoms with Gasteiger partial charge in [0.25, 0.3) is 0 Å². The fourth-order valence-electron chi connectivity index (χ4n) is 1.87. The van der Waals surface area contributed by atoms with E-state index in [1.54, 1.807) is 0 Å². The molecule has 0 aromatic carbocycles. The lowest BCUT2D eigenvalue weighted by Crippen LogP contribution is -2.37. The molecule has 0 spiro atoms. The molecule has 0 aromatic rings. The minimum absolute atomic E-state index is 0.224. The molecule has 112 valence electrons.